The molecule has 2 unspecified atom stereocenters. The molecular weight excluding hydrogens is 419 g/mol. The molecule has 1 aliphatic heterocycles. The van der Waals surface area contributed by atoms with E-state index < -0.39 is 0 Å². The van der Waals surface area contributed by atoms with Crippen molar-refractivity contribution in [2.45, 2.75) is 53.8 Å². The van der Waals surface area contributed by atoms with E-state index in [0.717, 1.165) is 5.06 Å². The molecule has 0 aliphatic carbocycles. The first-order valence-electron chi connectivity index (χ1n) is 5.33. The number of rotatable bonds is 0. The summed E-state index contributed by atoms with van der Waals surface area (Å²) in [7, 11) is 0. The smallest absolute Gasteiger partial charge is 0.265 e. The Hall–Kier alpha value is 0.832. The normalized spacial score (nSPS) is 26.9. The van der Waals surface area contributed by atoms with Gasteiger partial charge in [0, 0.05) is 44.1 Å². The molecule has 2 N–H and O–H groups in total. The standard InChI is InChI=1S/C11H22N2O2.Ac/c1-10(2,3)7-8(14)13(15)9(12-7)11(4,5)6;/h7,9,12,15H,1-6H3;. The number of hydrogen-bond acceptors (Lipinski definition) is 3. The maximum Gasteiger partial charge on any atom is 0.265 e. The summed E-state index contributed by atoms with van der Waals surface area (Å²) in [5, 5.41) is 13.8. The van der Waals surface area contributed by atoms with Gasteiger partial charge >= 0.3 is 0 Å². The molecule has 4 nitrogen and oxygen atoms in total. The Morgan fingerprint density at radius 2 is 1.56 bits per heavy atom. The van der Waals surface area contributed by atoms with Crippen molar-refractivity contribution in [3.8, 4) is 0 Å². The average Bonchev–Trinajstić information content (AvgIpc) is 2.26. The molecule has 91 valence electrons. The van der Waals surface area contributed by atoms with E-state index in [-0.39, 0.29) is 73.0 Å². The topological polar surface area (TPSA) is 52.6 Å². The third-order valence-electron chi connectivity index (χ3n) is 2.73. The molecule has 1 aliphatic rings. The zero-order valence-corrected chi connectivity index (χ0v) is 15.8. The summed E-state index contributed by atoms with van der Waals surface area (Å²) in [6.07, 6.45) is -0.311. The van der Waals surface area contributed by atoms with Crippen molar-refractivity contribution in [1.29, 1.82) is 0 Å². The van der Waals surface area contributed by atoms with Crippen molar-refractivity contribution in [2.75, 3.05) is 0 Å². The summed E-state index contributed by atoms with van der Waals surface area (Å²) in [4.78, 5) is 11.8. The molecule has 0 aromatic carbocycles. The van der Waals surface area contributed by atoms with Gasteiger partial charge in [-0.1, -0.05) is 41.5 Å². The molecule has 16 heavy (non-hydrogen) atoms. The van der Waals surface area contributed by atoms with Crippen LogP contribution in [0.1, 0.15) is 41.5 Å². The Morgan fingerprint density at radius 3 is 1.75 bits per heavy atom. The van der Waals surface area contributed by atoms with Gasteiger partial charge in [0.1, 0.15) is 6.17 Å². The van der Waals surface area contributed by atoms with Gasteiger partial charge in [-0.2, -0.15) is 0 Å². The molecule has 5 heteroatoms. The van der Waals surface area contributed by atoms with Gasteiger partial charge in [-0.3, -0.25) is 15.3 Å². The van der Waals surface area contributed by atoms with Crippen molar-refractivity contribution in [3.63, 3.8) is 0 Å². The molecule has 0 spiro atoms. The Morgan fingerprint density at radius 1 is 1.12 bits per heavy atom. The first kappa shape index (κ1) is 16.8. The van der Waals surface area contributed by atoms with Gasteiger partial charge in [0.25, 0.3) is 5.91 Å². The average molecular weight is 441 g/mol. The third kappa shape index (κ3) is 3.41. The summed E-state index contributed by atoms with van der Waals surface area (Å²) in [5.41, 5.74) is -0.359. The van der Waals surface area contributed by atoms with Gasteiger partial charge in [-0.25, -0.2) is 5.06 Å². The van der Waals surface area contributed by atoms with Gasteiger partial charge in [0.05, 0.1) is 6.04 Å². The molecule has 1 radical (unpaired) electrons. The molecule has 1 rings (SSSR count). The summed E-state index contributed by atoms with van der Waals surface area (Å²) in [5.74, 6) is -0.234. The summed E-state index contributed by atoms with van der Waals surface area (Å²) in [6, 6.07) is -0.313. The summed E-state index contributed by atoms with van der Waals surface area (Å²) in [6.45, 7) is 11.9. The van der Waals surface area contributed by atoms with E-state index in [0.29, 0.717) is 0 Å². The number of amides is 1. The van der Waals surface area contributed by atoms with Gasteiger partial charge in [-0.15, -0.1) is 0 Å². The van der Waals surface area contributed by atoms with Crippen LogP contribution in [0.15, 0.2) is 0 Å². The van der Waals surface area contributed by atoms with Crippen LogP contribution in [-0.4, -0.2) is 28.4 Å². The number of nitrogens with one attached hydrogen (secondary N) is 1. The minimum absolute atomic E-state index is 0. The van der Waals surface area contributed by atoms with Crippen molar-refractivity contribution >= 4 is 5.91 Å². The van der Waals surface area contributed by atoms with Crippen molar-refractivity contribution in [1.82, 2.24) is 10.4 Å². The van der Waals surface area contributed by atoms with E-state index in [1.807, 2.05) is 41.5 Å². The molecular formula is C11H22AcN2O2. The maximum atomic E-state index is 11.8. The largest absolute Gasteiger partial charge is 0.284 e. The van der Waals surface area contributed by atoms with Crippen LogP contribution in [0.2, 0.25) is 0 Å². The molecule has 0 aromatic heterocycles. The number of nitrogens with zero attached hydrogens (tertiary/aromatic N) is 1. The molecule has 0 aromatic rings. The van der Waals surface area contributed by atoms with Gasteiger partial charge in [0.2, 0.25) is 0 Å². The first-order chi connectivity index (χ1) is 6.55. The van der Waals surface area contributed by atoms with Gasteiger partial charge in [-0.05, 0) is 10.8 Å². The van der Waals surface area contributed by atoms with Crippen LogP contribution in [-0.2, 0) is 4.79 Å². The Labute approximate surface area is 134 Å². The van der Waals surface area contributed by atoms with Crippen LogP contribution in [0.4, 0.5) is 0 Å². The monoisotopic (exact) mass is 441 g/mol. The van der Waals surface area contributed by atoms with Crippen LogP contribution >= 0.6 is 0 Å². The van der Waals surface area contributed by atoms with Gasteiger partial charge in [0.15, 0.2) is 0 Å². The predicted octanol–water partition coefficient (Wildman–Crippen LogP) is 1.59. The summed E-state index contributed by atoms with van der Waals surface area (Å²) < 4.78 is 0. The van der Waals surface area contributed by atoms with E-state index >= 15 is 0 Å². The van der Waals surface area contributed by atoms with Crippen molar-refractivity contribution < 1.29 is 54.1 Å². The molecule has 1 heterocycles. The molecule has 0 saturated carbocycles. The Balaban J connectivity index is 0.00000225. The fourth-order valence-electron chi connectivity index (χ4n) is 1.80. The maximum absolute atomic E-state index is 11.8. The van der Waals surface area contributed by atoms with E-state index in [1.165, 1.54) is 0 Å². The molecule has 1 amide bonds. The summed E-state index contributed by atoms with van der Waals surface area (Å²) >= 11 is 0. The second-order valence-corrected chi connectivity index (χ2v) is 6.42. The minimum Gasteiger partial charge on any atom is -0.284 e. The quantitative estimate of drug-likeness (QED) is 0.562. The minimum atomic E-state index is -0.313. The van der Waals surface area contributed by atoms with Gasteiger partial charge < -0.3 is 0 Å². The zero-order chi connectivity index (χ0) is 12.0. The number of hydroxylamine groups is 2. The number of carbonyl (C=O) groups excluding carboxylic acids is 1. The second-order valence-electron chi connectivity index (χ2n) is 6.42. The molecule has 0 bridgehead atoms. The fraction of sp³-hybridized carbons (Fsp3) is 0.909. The van der Waals surface area contributed by atoms with Crippen LogP contribution in [0, 0.1) is 54.9 Å². The SMILES string of the molecule is CC(C)(C)C1NC(C(C)(C)C)N(O)C1=O.[Ac]. The van der Waals surface area contributed by atoms with E-state index in [4.69, 9.17) is 0 Å². The van der Waals surface area contributed by atoms with Crippen LogP contribution < -0.4 is 5.32 Å². The Kier molecular flexibility index (Phi) is 5.49. The first-order valence-corrected chi connectivity index (χ1v) is 5.33. The van der Waals surface area contributed by atoms with Crippen molar-refractivity contribution in [2.24, 2.45) is 10.8 Å². The molecule has 1 saturated heterocycles. The van der Waals surface area contributed by atoms with E-state index in [1.54, 1.807) is 0 Å². The van der Waals surface area contributed by atoms with Crippen LogP contribution in [0.5, 0.6) is 0 Å². The molecule has 2 atom stereocenters. The van der Waals surface area contributed by atoms with E-state index in [9.17, 15) is 10.0 Å². The second kappa shape index (κ2) is 5.22. The number of hydrogen-bond donors (Lipinski definition) is 2. The predicted molar refractivity (Wildman–Crippen MR) is 58.3 cm³/mol. The van der Waals surface area contributed by atoms with E-state index in [2.05, 4.69) is 5.32 Å². The molecule has 1 fully saturated rings. The fourth-order valence-corrected chi connectivity index (χ4v) is 1.80. The zero-order valence-electron chi connectivity index (χ0n) is 11.0. The van der Waals surface area contributed by atoms with Crippen LogP contribution in [0.3, 0.4) is 0 Å². The van der Waals surface area contributed by atoms with Crippen molar-refractivity contribution in [3.05, 3.63) is 0 Å². The third-order valence-corrected chi connectivity index (χ3v) is 2.73. The Bertz CT molecular complexity index is 268. The van der Waals surface area contributed by atoms with Crippen LogP contribution in [0.25, 0.3) is 0 Å². The number of carbonyl (C=O) groups is 1.